The van der Waals surface area contributed by atoms with E-state index in [1.54, 1.807) is 12.1 Å². The summed E-state index contributed by atoms with van der Waals surface area (Å²) < 4.78 is 0. The number of carbonyl (C=O) groups excluding carboxylic acids is 1. The van der Waals surface area contributed by atoms with Crippen molar-refractivity contribution in [1.82, 2.24) is 0 Å². The van der Waals surface area contributed by atoms with E-state index in [0.717, 1.165) is 12.1 Å². The summed E-state index contributed by atoms with van der Waals surface area (Å²) >= 11 is 0. The van der Waals surface area contributed by atoms with E-state index in [1.165, 1.54) is 13.0 Å². The molecule has 0 bridgehead atoms. The van der Waals surface area contributed by atoms with Crippen LogP contribution >= 0.6 is 0 Å². The van der Waals surface area contributed by atoms with E-state index in [-0.39, 0.29) is 17.0 Å². The number of carbonyl (C=O) groups is 1. The highest BCUT2D eigenvalue weighted by Gasteiger charge is 2.19. The Balaban J connectivity index is 3.23. The molecule has 1 unspecified atom stereocenters. The highest BCUT2D eigenvalue weighted by atomic mass is 16.6. The third kappa shape index (κ3) is 2.85. The van der Waals surface area contributed by atoms with E-state index in [2.05, 4.69) is 13.8 Å². The largest absolute Gasteiger partial charge is 0.372 e. The molecule has 0 aromatic heterocycles. The summed E-state index contributed by atoms with van der Waals surface area (Å²) in [6.07, 6.45) is 0.961. The van der Waals surface area contributed by atoms with Crippen molar-refractivity contribution in [1.29, 1.82) is 0 Å². The number of nitrogens with zero attached hydrogens (tertiary/aromatic N) is 2. The summed E-state index contributed by atoms with van der Waals surface area (Å²) in [6, 6.07) is 4.97. The molecule has 98 valence electrons. The molecule has 0 heterocycles. The lowest BCUT2D eigenvalue weighted by Gasteiger charge is -2.26. The van der Waals surface area contributed by atoms with Crippen molar-refractivity contribution in [2.24, 2.45) is 0 Å². The first-order valence-corrected chi connectivity index (χ1v) is 5.90. The minimum atomic E-state index is -0.524. The van der Waals surface area contributed by atoms with Crippen molar-refractivity contribution in [3.63, 3.8) is 0 Å². The van der Waals surface area contributed by atoms with Gasteiger partial charge in [-0.3, -0.25) is 14.9 Å². The molecular weight excluding hydrogens is 232 g/mol. The maximum absolute atomic E-state index is 11.5. The molecule has 0 fully saturated rings. The van der Waals surface area contributed by atoms with Gasteiger partial charge >= 0.3 is 0 Å². The third-order valence-corrected chi connectivity index (χ3v) is 3.22. The van der Waals surface area contributed by atoms with Crippen molar-refractivity contribution in [2.45, 2.75) is 33.2 Å². The summed E-state index contributed by atoms with van der Waals surface area (Å²) in [6.45, 7) is 5.47. The lowest BCUT2D eigenvalue weighted by atomic mass is 10.1. The zero-order valence-electron chi connectivity index (χ0n) is 11.1. The Labute approximate surface area is 107 Å². The molecule has 1 aromatic rings. The van der Waals surface area contributed by atoms with Crippen LogP contribution in [0.4, 0.5) is 11.4 Å². The molecular formula is C13H18N2O3. The number of nitro groups is 1. The fourth-order valence-electron chi connectivity index (χ4n) is 1.71. The Kier molecular flexibility index (Phi) is 4.42. The van der Waals surface area contributed by atoms with Crippen LogP contribution in [0.15, 0.2) is 18.2 Å². The van der Waals surface area contributed by atoms with Gasteiger partial charge in [-0.2, -0.15) is 0 Å². The molecule has 18 heavy (non-hydrogen) atoms. The molecule has 0 N–H and O–H groups in total. The highest BCUT2D eigenvalue weighted by molar-refractivity contribution is 5.99. The molecule has 0 aliphatic carbocycles. The van der Waals surface area contributed by atoms with Gasteiger partial charge in [0, 0.05) is 24.8 Å². The SMILES string of the molecule is CCC(C)N(C)c1ccc([N+](=O)[O-])c(C(C)=O)c1. The smallest absolute Gasteiger partial charge is 0.280 e. The summed E-state index contributed by atoms with van der Waals surface area (Å²) in [7, 11) is 1.92. The molecule has 1 rings (SSSR count). The monoisotopic (exact) mass is 250 g/mol. The molecule has 0 aliphatic heterocycles. The van der Waals surface area contributed by atoms with Crippen LogP contribution < -0.4 is 4.90 Å². The van der Waals surface area contributed by atoms with Crippen LogP contribution in [-0.2, 0) is 0 Å². The average Bonchev–Trinajstić information content (AvgIpc) is 2.35. The van der Waals surface area contributed by atoms with Crippen LogP contribution in [0.5, 0.6) is 0 Å². The van der Waals surface area contributed by atoms with E-state index >= 15 is 0 Å². The molecule has 0 saturated heterocycles. The first-order valence-electron chi connectivity index (χ1n) is 5.90. The average molecular weight is 250 g/mol. The second kappa shape index (κ2) is 5.62. The number of rotatable bonds is 5. The minimum Gasteiger partial charge on any atom is -0.372 e. The number of Topliss-reactive ketones (excluding diaryl/α,β-unsaturated/α-hetero) is 1. The third-order valence-electron chi connectivity index (χ3n) is 3.22. The topological polar surface area (TPSA) is 63.4 Å². The van der Waals surface area contributed by atoms with Crippen molar-refractivity contribution in [3.8, 4) is 0 Å². The number of benzene rings is 1. The molecule has 0 aliphatic rings. The Hall–Kier alpha value is -1.91. The van der Waals surface area contributed by atoms with Crippen LogP contribution in [-0.4, -0.2) is 23.8 Å². The first kappa shape index (κ1) is 14.2. The van der Waals surface area contributed by atoms with Crippen LogP contribution in [0, 0.1) is 10.1 Å². The maximum atomic E-state index is 11.5. The standard InChI is InChI=1S/C13H18N2O3/c1-5-9(2)14(4)11-6-7-13(15(17)18)12(8-11)10(3)16/h6-9H,5H2,1-4H3. The normalized spacial score (nSPS) is 12.0. The Morgan fingerprint density at radius 2 is 2.11 bits per heavy atom. The molecule has 1 aromatic carbocycles. The van der Waals surface area contributed by atoms with Crippen LogP contribution in [0.2, 0.25) is 0 Å². The number of ketones is 1. The van der Waals surface area contributed by atoms with Gasteiger partial charge in [0.05, 0.1) is 10.5 Å². The summed E-state index contributed by atoms with van der Waals surface area (Å²) in [5.74, 6) is -0.291. The van der Waals surface area contributed by atoms with Crippen molar-refractivity contribution in [3.05, 3.63) is 33.9 Å². The maximum Gasteiger partial charge on any atom is 0.280 e. The van der Waals surface area contributed by atoms with E-state index in [0.29, 0.717) is 6.04 Å². The number of anilines is 1. The van der Waals surface area contributed by atoms with Crippen molar-refractivity contribution in [2.75, 3.05) is 11.9 Å². The van der Waals surface area contributed by atoms with Crippen LogP contribution in [0.25, 0.3) is 0 Å². The number of hydrogen-bond acceptors (Lipinski definition) is 4. The molecule has 5 nitrogen and oxygen atoms in total. The number of hydrogen-bond donors (Lipinski definition) is 0. The van der Waals surface area contributed by atoms with Gasteiger partial charge in [-0.05, 0) is 32.4 Å². The Morgan fingerprint density at radius 1 is 1.50 bits per heavy atom. The van der Waals surface area contributed by atoms with Gasteiger partial charge in [-0.1, -0.05) is 6.92 Å². The molecule has 0 amide bonds. The molecule has 5 heteroatoms. The second-order valence-corrected chi connectivity index (χ2v) is 4.38. The molecule has 0 spiro atoms. The van der Waals surface area contributed by atoms with Gasteiger partial charge in [0.15, 0.2) is 5.78 Å². The molecule has 1 atom stereocenters. The fraction of sp³-hybridized carbons (Fsp3) is 0.462. The van der Waals surface area contributed by atoms with E-state index in [4.69, 9.17) is 0 Å². The Bertz CT molecular complexity index is 471. The summed E-state index contributed by atoms with van der Waals surface area (Å²) in [5.41, 5.74) is 0.844. The lowest BCUT2D eigenvalue weighted by Crippen LogP contribution is -2.28. The fourth-order valence-corrected chi connectivity index (χ4v) is 1.71. The lowest BCUT2D eigenvalue weighted by molar-refractivity contribution is -0.385. The quantitative estimate of drug-likeness (QED) is 0.457. The first-order chi connectivity index (χ1) is 8.38. The van der Waals surface area contributed by atoms with E-state index in [9.17, 15) is 14.9 Å². The second-order valence-electron chi connectivity index (χ2n) is 4.38. The molecule has 0 radical (unpaired) electrons. The van der Waals surface area contributed by atoms with Crippen molar-refractivity contribution >= 4 is 17.2 Å². The van der Waals surface area contributed by atoms with Gasteiger partial charge in [-0.15, -0.1) is 0 Å². The van der Waals surface area contributed by atoms with Gasteiger partial charge in [0.2, 0.25) is 0 Å². The van der Waals surface area contributed by atoms with Crippen LogP contribution in [0.3, 0.4) is 0 Å². The zero-order chi connectivity index (χ0) is 13.9. The zero-order valence-corrected chi connectivity index (χ0v) is 11.1. The van der Waals surface area contributed by atoms with Crippen molar-refractivity contribution < 1.29 is 9.72 Å². The van der Waals surface area contributed by atoms with E-state index < -0.39 is 4.92 Å². The predicted molar refractivity (Wildman–Crippen MR) is 71.3 cm³/mol. The molecule has 0 saturated carbocycles. The van der Waals surface area contributed by atoms with Gasteiger partial charge in [-0.25, -0.2) is 0 Å². The predicted octanol–water partition coefficient (Wildman–Crippen LogP) is 3.03. The van der Waals surface area contributed by atoms with Crippen LogP contribution in [0.1, 0.15) is 37.6 Å². The highest BCUT2D eigenvalue weighted by Crippen LogP contribution is 2.26. The van der Waals surface area contributed by atoms with Gasteiger partial charge in [0.1, 0.15) is 0 Å². The Morgan fingerprint density at radius 3 is 2.56 bits per heavy atom. The summed E-state index contributed by atoms with van der Waals surface area (Å²) in [5, 5.41) is 10.8. The number of nitro benzene ring substituents is 1. The van der Waals surface area contributed by atoms with Gasteiger partial charge in [0.25, 0.3) is 5.69 Å². The van der Waals surface area contributed by atoms with E-state index in [1.807, 2.05) is 11.9 Å². The van der Waals surface area contributed by atoms with Gasteiger partial charge < -0.3 is 4.90 Å². The summed E-state index contributed by atoms with van der Waals surface area (Å²) in [4.78, 5) is 23.8. The minimum absolute atomic E-state index is 0.135.